The molecule has 0 bridgehead atoms. The lowest BCUT2D eigenvalue weighted by atomic mass is 10.1. The monoisotopic (exact) mass is 389 g/mol. The normalized spacial score (nSPS) is 11.0. The largest absolute Gasteiger partial charge is 0.379 e. The topological polar surface area (TPSA) is 100 Å². The number of hydrogen-bond donors (Lipinski definition) is 1. The van der Waals surface area contributed by atoms with E-state index in [-0.39, 0.29) is 36.2 Å². The molecule has 0 radical (unpaired) electrons. The van der Waals surface area contributed by atoms with E-state index in [1.165, 1.54) is 6.92 Å². The van der Waals surface area contributed by atoms with E-state index in [0.717, 1.165) is 0 Å². The summed E-state index contributed by atoms with van der Waals surface area (Å²) in [4.78, 5) is 33.5. The summed E-state index contributed by atoms with van der Waals surface area (Å²) < 4.78 is 21.4. The molecule has 27 heavy (non-hydrogen) atoms. The molecule has 0 aromatic carbocycles. The molecule has 0 rings (SSSR count). The van der Waals surface area contributed by atoms with Crippen LogP contribution in [0.25, 0.3) is 0 Å². The van der Waals surface area contributed by atoms with Crippen molar-refractivity contribution in [3.63, 3.8) is 0 Å². The van der Waals surface area contributed by atoms with Gasteiger partial charge in [0, 0.05) is 31.7 Å². The summed E-state index contributed by atoms with van der Waals surface area (Å²) in [7, 11) is 0. The van der Waals surface area contributed by atoms with Crippen molar-refractivity contribution in [1.82, 2.24) is 5.32 Å². The van der Waals surface area contributed by atoms with Crippen molar-refractivity contribution in [3.05, 3.63) is 0 Å². The molecule has 158 valence electrons. The minimum Gasteiger partial charge on any atom is -0.379 e. The summed E-state index contributed by atoms with van der Waals surface area (Å²) >= 11 is 0. The van der Waals surface area contributed by atoms with E-state index in [2.05, 4.69) is 5.32 Å². The van der Waals surface area contributed by atoms with Crippen molar-refractivity contribution in [3.8, 4) is 0 Å². The van der Waals surface area contributed by atoms with Crippen molar-refractivity contribution in [2.24, 2.45) is 5.92 Å². The molecule has 0 aliphatic heterocycles. The van der Waals surface area contributed by atoms with Gasteiger partial charge in [0.2, 0.25) is 5.91 Å². The fourth-order valence-corrected chi connectivity index (χ4v) is 1.86. The Kier molecular flexibility index (Phi) is 17.1. The van der Waals surface area contributed by atoms with Gasteiger partial charge in [0.1, 0.15) is 11.6 Å². The van der Waals surface area contributed by atoms with E-state index in [4.69, 9.17) is 18.9 Å². The Bertz CT molecular complexity index is 413. The third-order valence-corrected chi connectivity index (χ3v) is 3.53. The number of hydrogen-bond acceptors (Lipinski definition) is 7. The Labute approximate surface area is 162 Å². The van der Waals surface area contributed by atoms with Gasteiger partial charge in [0.05, 0.1) is 52.9 Å². The first-order chi connectivity index (χ1) is 12.9. The van der Waals surface area contributed by atoms with Gasteiger partial charge in [-0.2, -0.15) is 0 Å². The van der Waals surface area contributed by atoms with Gasteiger partial charge in [-0.3, -0.25) is 9.59 Å². The first-order valence-corrected chi connectivity index (χ1v) is 9.53. The summed E-state index contributed by atoms with van der Waals surface area (Å²) in [5.41, 5.74) is 0. The minimum atomic E-state index is -0.141. The number of carbonyl (C=O) groups is 3. The molecule has 0 saturated heterocycles. The summed E-state index contributed by atoms with van der Waals surface area (Å²) in [5.74, 6) is 0.134. The summed E-state index contributed by atoms with van der Waals surface area (Å²) in [5, 5.41) is 2.68. The van der Waals surface area contributed by atoms with Gasteiger partial charge in [0.15, 0.2) is 0 Å². The molecule has 0 aromatic rings. The number of amides is 1. The molecule has 0 heterocycles. The zero-order valence-corrected chi connectivity index (χ0v) is 16.9. The maximum Gasteiger partial charge on any atom is 0.220 e. The number of Topliss-reactive ketones (excluding diaryl/α,β-unsaturated/α-hetero) is 2. The van der Waals surface area contributed by atoms with Crippen molar-refractivity contribution in [2.75, 3.05) is 59.4 Å². The van der Waals surface area contributed by atoms with Crippen molar-refractivity contribution in [1.29, 1.82) is 0 Å². The molecule has 0 unspecified atom stereocenters. The third-order valence-electron chi connectivity index (χ3n) is 3.53. The van der Waals surface area contributed by atoms with Crippen LogP contribution in [0.5, 0.6) is 0 Å². The van der Waals surface area contributed by atoms with Crippen LogP contribution >= 0.6 is 0 Å². The molecule has 0 fully saturated rings. The molecule has 0 spiro atoms. The van der Waals surface area contributed by atoms with Gasteiger partial charge in [-0.05, 0) is 6.92 Å². The van der Waals surface area contributed by atoms with E-state index >= 15 is 0 Å². The maximum atomic E-state index is 11.4. The molecule has 0 aromatic heterocycles. The molecule has 0 atom stereocenters. The second kappa shape index (κ2) is 18.0. The number of ether oxygens (including phenoxy) is 4. The van der Waals surface area contributed by atoms with E-state index < -0.39 is 0 Å². The van der Waals surface area contributed by atoms with Gasteiger partial charge in [0.25, 0.3) is 0 Å². The van der Waals surface area contributed by atoms with Crippen LogP contribution in [0.1, 0.15) is 40.0 Å². The SMILES string of the molecule is CC(=O)CCC(=O)NCCOCCOCCOCCOCCC(=O)C(C)C. The Morgan fingerprint density at radius 3 is 1.67 bits per heavy atom. The zero-order valence-electron chi connectivity index (χ0n) is 16.9. The van der Waals surface area contributed by atoms with Crippen LogP contribution in [0.4, 0.5) is 0 Å². The van der Waals surface area contributed by atoms with Gasteiger partial charge < -0.3 is 29.1 Å². The smallest absolute Gasteiger partial charge is 0.220 e. The molecule has 8 nitrogen and oxygen atoms in total. The lowest BCUT2D eigenvalue weighted by Gasteiger charge is -2.08. The number of rotatable bonds is 19. The average Bonchev–Trinajstić information content (AvgIpc) is 2.62. The predicted octanol–water partition coefficient (Wildman–Crippen LogP) is 1.15. The lowest BCUT2D eigenvalue weighted by Crippen LogP contribution is -2.27. The minimum absolute atomic E-state index is 0.00758. The van der Waals surface area contributed by atoms with Crippen LogP contribution in [0.15, 0.2) is 0 Å². The van der Waals surface area contributed by atoms with Gasteiger partial charge in [-0.15, -0.1) is 0 Å². The van der Waals surface area contributed by atoms with Crippen LogP contribution in [-0.4, -0.2) is 76.9 Å². The molecule has 0 aliphatic carbocycles. The molecular formula is C19H35NO7. The molecule has 0 aliphatic rings. The van der Waals surface area contributed by atoms with Crippen LogP contribution in [-0.2, 0) is 33.3 Å². The Morgan fingerprint density at radius 2 is 1.19 bits per heavy atom. The van der Waals surface area contributed by atoms with E-state index in [0.29, 0.717) is 65.8 Å². The van der Waals surface area contributed by atoms with E-state index in [9.17, 15) is 14.4 Å². The highest BCUT2D eigenvalue weighted by Crippen LogP contribution is 1.98. The second-order valence-corrected chi connectivity index (χ2v) is 6.37. The zero-order chi connectivity index (χ0) is 20.3. The van der Waals surface area contributed by atoms with Crippen molar-refractivity contribution in [2.45, 2.75) is 40.0 Å². The Morgan fingerprint density at radius 1 is 0.704 bits per heavy atom. The highest BCUT2D eigenvalue weighted by Gasteiger charge is 2.06. The Hall–Kier alpha value is -1.35. The quantitative estimate of drug-likeness (QED) is 0.331. The fraction of sp³-hybridized carbons (Fsp3) is 0.842. The second-order valence-electron chi connectivity index (χ2n) is 6.37. The maximum absolute atomic E-state index is 11.4. The standard InChI is InChI=1S/C19H35NO7/c1-16(2)18(22)6-8-24-10-12-26-14-15-27-13-11-25-9-7-20-19(23)5-4-17(3)21/h16H,4-15H2,1-3H3,(H,20,23). The summed E-state index contributed by atoms with van der Waals surface area (Å²) in [6, 6.07) is 0. The summed E-state index contributed by atoms with van der Waals surface area (Å²) in [6.07, 6.45) is 0.939. The molecular weight excluding hydrogens is 354 g/mol. The van der Waals surface area contributed by atoms with Crippen LogP contribution in [0.2, 0.25) is 0 Å². The number of ketones is 2. The van der Waals surface area contributed by atoms with Gasteiger partial charge in [-0.1, -0.05) is 13.8 Å². The summed E-state index contributed by atoms with van der Waals surface area (Å²) in [6.45, 7) is 9.26. The number of carbonyl (C=O) groups excluding carboxylic acids is 3. The number of nitrogens with one attached hydrogen (secondary N) is 1. The highest BCUT2D eigenvalue weighted by atomic mass is 16.6. The van der Waals surface area contributed by atoms with Crippen molar-refractivity contribution >= 4 is 17.5 Å². The molecule has 8 heteroatoms. The first kappa shape index (κ1) is 25.6. The highest BCUT2D eigenvalue weighted by molar-refractivity contribution is 5.83. The van der Waals surface area contributed by atoms with Crippen LogP contribution in [0, 0.1) is 5.92 Å². The van der Waals surface area contributed by atoms with Gasteiger partial charge in [-0.25, -0.2) is 0 Å². The predicted molar refractivity (Wildman–Crippen MR) is 101 cm³/mol. The first-order valence-electron chi connectivity index (χ1n) is 9.53. The third kappa shape index (κ3) is 19.2. The van der Waals surface area contributed by atoms with E-state index in [1.54, 1.807) is 0 Å². The van der Waals surface area contributed by atoms with Crippen molar-refractivity contribution < 1.29 is 33.3 Å². The molecule has 1 amide bonds. The van der Waals surface area contributed by atoms with Crippen LogP contribution in [0.3, 0.4) is 0 Å². The lowest BCUT2D eigenvalue weighted by molar-refractivity contribution is -0.124. The van der Waals surface area contributed by atoms with Crippen LogP contribution < -0.4 is 5.32 Å². The molecule has 0 saturated carbocycles. The van der Waals surface area contributed by atoms with E-state index in [1.807, 2.05) is 13.8 Å². The average molecular weight is 389 g/mol. The fourth-order valence-electron chi connectivity index (χ4n) is 1.86. The Balaban J connectivity index is 3.18. The van der Waals surface area contributed by atoms with Gasteiger partial charge >= 0.3 is 0 Å². The molecule has 1 N–H and O–H groups in total.